The maximum absolute atomic E-state index is 9.49. The number of rotatable bonds is 5. The molecule has 1 aromatic rings. The monoisotopic (exact) mass is 212 g/mol. The smallest absolute Gasteiger partial charge is 0.0852 e. The van der Waals surface area contributed by atoms with Crippen molar-refractivity contribution in [1.29, 1.82) is 0 Å². The van der Waals surface area contributed by atoms with Gasteiger partial charge in [-0.15, -0.1) is 0 Å². The van der Waals surface area contributed by atoms with Crippen LogP contribution in [0.2, 0.25) is 0 Å². The summed E-state index contributed by atoms with van der Waals surface area (Å²) in [5.74, 6) is 0. The fourth-order valence-electron chi connectivity index (χ4n) is 1.30. The quantitative estimate of drug-likeness (QED) is 0.769. The van der Waals surface area contributed by atoms with Crippen LogP contribution in [0.15, 0.2) is 12.3 Å². The van der Waals surface area contributed by atoms with Crippen molar-refractivity contribution >= 4 is 0 Å². The molecule has 86 valence electrons. The number of aliphatic hydroxyl groups excluding tert-OH is 2. The van der Waals surface area contributed by atoms with Gasteiger partial charge in [-0.1, -0.05) is 6.92 Å². The zero-order chi connectivity index (χ0) is 11.4. The maximum Gasteiger partial charge on any atom is 0.0852 e. The highest BCUT2D eigenvalue weighted by molar-refractivity contribution is 5.01. The second-order valence-corrected chi connectivity index (χ2v) is 4.06. The summed E-state index contributed by atoms with van der Waals surface area (Å²) in [6.07, 6.45) is 1.91. The molecule has 1 heterocycles. The molecule has 0 saturated carbocycles. The third kappa shape index (κ3) is 3.32. The lowest BCUT2D eigenvalue weighted by molar-refractivity contribution is 0.0313. The van der Waals surface area contributed by atoms with Crippen molar-refractivity contribution in [3.8, 4) is 0 Å². The molecule has 0 aliphatic rings. The van der Waals surface area contributed by atoms with E-state index in [1.165, 1.54) is 0 Å². The lowest BCUT2D eigenvalue weighted by Gasteiger charge is -2.12. The van der Waals surface area contributed by atoms with E-state index in [1.54, 1.807) is 6.92 Å². The Labute approximate surface area is 90.5 Å². The number of nitrogens with zero attached hydrogens (tertiary/aromatic N) is 2. The summed E-state index contributed by atoms with van der Waals surface area (Å²) in [7, 11) is 0. The highest BCUT2D eigenvalue weighted by Crippen LogP contribution is 2.10. The summed E-state index contributed by atoms with van der Waals surface area (Å²) >= 11 is 0. The number of hydrogen-bond acceptors (Lipinski definition) is 3. The van der Waals surface area contributed by atoms with E-state index in [0.29, 0.717) is 12.5 Å². The standard InChI is InChI=1S/C11H20N2O2/c1-4-8(2)13-6-5-10(12-13)7-11(15)9(3)14/h5-6,8-9,11,14-15H,4,7H2,1-3H3. The molecule has 1 aromatic heterocycles. The molecular formula is C11H20N2O2. The Morgan fingerprint density at radius 3 is 2.60 bits per heavy atom. The van der Waals surface area contributed by atoms with E-state index in [0.717, 1.165) is 12.1 Å². The van der Waals surface area contributed by atoms with E-state index in [1.807, 2.05) is 16.9 Å². The molecule has 0 radical (unpaired) electrons. The van der Waals surface area contributed by atoms with Crippen molar-refractivity contribution in [2.45, 2.75) is 51.9 Å². The topological polar surface area (TPSA) is 58.3 Å². The zero-order valence-corrected chi connectivity index (χ0v) is 9.59. The minimum absolute atomic E-state index is 0.377. The molecular weight excluding hydrogens is 192 g/mol. The molecule has 0 aromatic carbocycles. The van der Waals surface area contributed by atoms with Gasteiger partial charge in [-0.2, -0.15) is 5.10 Å². The van der Waals surface area contributed by atoms with Crippen LogP contribution in [0.5, 0.6) is 0 Å². The molecule has 0 saturated heterocycles. The Balaban J connectivity index is 2.60. The molecule has 0 bridgehead atoms. The predicted octanol–water partition coefficient (Wildman–Crippen LogP) is 1.14. The van der Waals surface area contributed by atoms with Gasteiger partial charge >= 0.3 is 0 Å². The molecule has 3 atom stereocenters. The van der Waals surface area contributed by atoms with Crippen LogP contribution < -0.4 is 0 Å². The second kappa shape index (κ2) is 5.28. The number of aliphatic hydroxyl groups is 2. The van der Waals surface area contributed by atoms with Crippen LogP contribution in [0, 0.1) is 0 Å². The third-order valence-electron chi connectivity index (χ3n) is 2.68. The largest absolute Gasteiger partial charge is 0.391 e. The van der Waals surface area contributed by atoms with Gasteiger partial charge in [-0.3, -0.25) is 4.68 Å². The SMILES string of the molecule is CCC(C)n1ccc(CC(O)C(C)O)n1. The highest BCUT2D eigenvalue weighted by Gasteiger charge is 2.13. The van der Waals surface area contributed by atoms with Crippen LogP contribution >= 0.6 is 0 Å². The first-order chi connectivity index (χ1) is 7.04. The van der Waals surface area contributed by atoms with Gasteiger partial charge in [0.05, 0.1) is 17.9 Å². The van der Waals surface area contributed by atoms with Crippen LogP contribution in [0.4, 0.5) is 0 Å². The first-order valence-electron chi connectivity index (χ1n) is 5.44. The Hall–Kier alpha value is -0.870. The molecule has 4 nitrogen and oxygen atoms in total. The summed E-state index contributed by atoms with van der Waals surface area (Å²) in [4.78, 5) is 0. The van der Waals surface area contributed by atoms with E-state index in [-0.39, 0.29) is 0 Å². The normalized spacial score (nSPS) is 17.4. The van der Waals surface area contributed by atoms with Gasteiger partial charge in [0.1, 0.15) is 0 Å². The average Bonchev–Trinajstić information content (AvgIpc) is 2.65. The minimum atomic E-state index is -0.731. The summed E-state index contributed by atoms with van der Waals surface area (Å²) in [5.41, 5.74) is 0.823. The van der Waals surface area contributed by atoms with Crippen LogP contribution in [0.25, 0.3) is 0 Å². The first-order valence-corrected chi connectivity index (χ1v) is 5.44. The lowest BCUT2D eigenvalue weighted by atomic mass is 10.1. The van der Waals surface area contributed by atoms with Crippen molar-refractivity contribution in [3.63, 3.8) is 0 Å². The fourth-order valence-corrected chi connectivity index (χ4v) is 1.30. The molecule has 0 amide bonds. The molecule has 2 N–H and O–H groups in total. The summed E-state index contributed by atoms with van der Waals surface area (Å²) in [5, 5.41) is 23.0. The Morgan fingerprint density at radius 2 is 2.07 bits per heavy atom. The van der Waals surface area contributed by atoms with Crippen LogP contribution in [0.3, 0.4) is 0 Å². The number of hydrogen-bond donors (Lipinski definition) is 2. The van der Waals surface area contributed by atoms with Gasteiger partial charge in [0.2, 0.25) is 0 Å². The van der Waals surface area contributed by atoms with Gasteiger partial charge in [0.15, 0.2) is 0 Å². The van der Waals surface area contributed by atoms with Crippen molar-refractivity contribution in [2.24, 2.45) is 0 Å². The van der Waals surface area contributed by atoms with Crippen molar-refractivity contribution < 1.29 is 10.2 Å². The molecule has 3 unspecified atom stereocenters. The summed E-state index contributed by atoms with van der Waals surface area (Å²) in [6.45, 7) is 5.79. The van der Waals surface area contributed by atoms with E-state index in [2.05, 4.69) is 18.9 Å². The van der Waals surface area contributed by atoms with Crippen LogP contribution in [0.1, 0.15) is 38.9 Å². The summed E-state index contributed by atoms with van der Waals surface area (Å²) in [6, 6.07) is 2.26. The van der Waals surface area contributed by atoms with Gasteiger partial charge in [0, 0.05) is 18.7 Å². The van der Waals surface area contributed by atoms with Crippen molar-refractivity contribution in [3.05, 3.63) is 18.0 Å². The van der Waals surface area contributed by atoms with Gasteiger partial charge < -0.3 is 10.2 Å². The average molecular weight is 212 g/mol. The first kappa shape index (κ1) is 12.2. The van der Waals surface area contributed by atoms with E-state index in [4.69, 9.17) is 5.11 Å². The van der Waals surface area contributed by atoms with E-state index in [9.17, 15) is 5.11 Å². The fraction of sp³-hybridized carbons (Fsp3) is 0.727. The number of aromatic nitrogens is 2. The molecule has 0 aliphatic carbocycles. The van der Waals surface area contributed by atoms with Gasteiger partial charge in [-0.25, -0.2) is 0 Å². The third-order valence-corrected chi connectivity index (χ3v) is 2.68. The molecule has 0 fully saturated rings. The molecule has 1 rings (SSSR count). The lowest BCUT2D eigenvalue weighted by Crippen LogP contribution is -2.25. The Kier molecular flexibility index (Phi) is 4.29. The zero-order valence-electron chi connectivity index (χ0n) is 9.59. The van der Waals surface area contributed by atoms with E-state index < -0.39 is 12.2 Å². The van der Waals surface area contributed by atoms with Crippen LogP contribution in [-0.4, -0.2) is 32.2 Å². The Morgan fingerprint density at radius 1 is 1.40 bits per heavy atom. The van der Waals surface area contributed by atoms with Crippen LogP contribution in [-0.2, 0) is 6.42 Å². The highest BCUT2D eigenvalue weighted by atomic mass is 16.3. The maximum atomic E-state index is 9.49. The molecule has 4 heteroatoms. The van der Waals surface area contributed by atoms with Gasteiger partial charge in [-0.05, 0) is 26.3 Å². The van der Waals surface area contributed by atoms with Crippen molar-refractivity contribution in [1.82, 2.24) is 9.78 Å². The Bertz CT molecular complexity index is 297. The van der Waals surface area contributed by atoms with E-state index >= 15 is 0 Å². The second-order valence-electron chi connectivity index (χ2n) is 4.06. The molecule has 15 heavy (non-hydrogen) atoms. The molecule has 0 aliphatic heterocycles. The molecule has 0 spiro atoms. The predicted molar refractivity (Wildman–Crippen MR) is 58.6 cm³/mol. The van der Waals surface area contributed by atoms with Crippen molar-refractivity contribution in [2.75, 3.05) is 0 Å². The summed E-state index contributed by atoms with van der Waals surface area (Å²) < 4.78 is 1.89. The van der Waals surface area contributed by atoms with Gasteiger partial charge in [0.25, 0.3) is 0 Å². The minimum Gasteiger partial charge on any atom is -0.391 e.